The zero-order valence-electron chi connectivity index (χ0n) is 12.9. The zero-order valence-corrected chi connectivity index (χ0v) is 12.9. The molecule has 3 N–H and O–H groups in total. The number of carboxylic acids is 1. The van der Waals surface area contributed by atoms with Gasteiger partial charge in [-0.2, -0.15) is 0 Å². The van der Waals surface area contributed by atoms with Gasteiger partial charge in [0.1, 0.15) is 17.2 Å². The second-order valence-electron chi connectivity index (χ2n) is 6.02. The average molecular weight is 288 g/mol. The Balaban J connectivity index is 4.67. The number of carbonyl (C=O) groups is 3. The largest absolute Gasteiger partial charge is 0.480 e. The van der Waals surface area contributed by atoms with Gasteiger partial charge in [-0.05, 0) is 41.0 Å². The van der Waals surface area contributed by atoms with Gasteiger partial charge in [-0.3, -0.25) is 4.79 Å². The van der Waals surface area contributed by atoms with Crippen LogP contribution in [0.15, 0.2) is 0 Å². The lowest BCUT2D eigenvalue weighted by molar-refractivity contribution is -0.142. The molecule has 7 heteroatoms. The minimum atomic E-state index is -1.27. The Labute approximate surface area is 119 Å². The number of hydrogen-bond acceptors (Lipinski definition) is 4. The van der Waals surface area contributed by atoms with Gasteiger partial charge in [0.25, 0.3) is 0 Å². The first-order chi connectivity index (χ1) is 8.89. The number of carbonyl (C=O) groups excluding carboxylic acids is 2. The van der Waals surface area contributed by atoms with E-state index in [1.165, 1.54) is 13.8 Å². The number of nitrogens with one attached hydrogen (secondary N) is 2. The predicted octanol–water partition coefficient (Wildman–Crippen LogP) is 1.27. The number of rotatable bonds is 5. The lowest BCUT2D eigenvalue weighted by Gasteiger charge is -2.28. The second-order valence-corrected chi connectivity index (χ2v) is 6.02. The van der Waals surface area contributed by atoms with Crippen molar-refractivity contribution < 1.29 is 24.2 Å². The van der Waals surface area contributed by atoms with Gasteiger partial charge in [0.05, 0.1) is 0 Å². The molecule has 0 saturated heterocycles. The molecular formula is C13H24N2O5. The number of aliphatic carboxylic acids is 1. The lowest BCUT2D eigenvalue weighted by Crippen LogP contribution is -2.58. The summed E-state index contributed by atoms with van der Waals surface area (Å²) >= 11 is 0. The fourth-order valence-corrected chi connectivity index (χ4v) is 1.29. The quantitative estimate of drug-likeness (QED) is 0.706. The molecule has 0 bridgehead atoms. The Morgan fingerprint density at radius 3 is 2.00 bits per heavy atom. The van der Waals surface area contributed by atoms with Crippen LogP contribution in [0.25, 0.3) is 0 Å². The van der Waals surface area contributed by atoms with Crippen molar-refractivity contribution in [3.8, 4) is 0 Å². The van der Waals surface area contributed by atoms with Crippen LogP contribution in [0, 0.1) is 0 Å². The molecule has 0 aliphatic rings. The predicted molar refractivity (Wildman–Crippen MR) is 73.3 cm³/mol. The maximum atomic E-state index is 12.0. The standard InChI is InChI=1S/C13H24N2O5/c1-7-8(9(16)17)14-10(18)13(5,6)15-11(19)20-12(2,3)4/h8H,7H2,1-6H3,(H,14,18)(H,15,19)(H,16,17)/t8-/m1/s1. The van der Waals surface area contributed by atoms with Crippen molar-refractivity contribution in [3.05, 3.63) is 0 Å². The Bertz CT molecular complexity index is 385. The number of amides is 2. The van der Waals surface area contributed by atoms with Crippen LogP contribution >= 0.6 is 0 Å². The normalized spacial score (nSPS) is 13.3. The topological polar surface area (TPSA) is 105 Å². The Morgan fingerprint density at radius 2 is 1.65 bits per heavy atom. The summed E-state index contributed by atoms with van der Waals surface area (Å²) in [5.74, 6) is -1.70. The van der Waals surface area contributed by atoms with Crippen LogP contribution < -0.4 is 10.6 Å². The summed E-state index contributed by atoms with van der Waals surface area (Å²) < 4.78 is 5.06. The number of carboxylic acid groups (broad SMARTS) is 1. The number of ether oxygens (including phenoxy) is 1. The first-order valence-corrected chi connectivity index (χ1v) is 6.44. The first-order valence-electron chi connectivity index (χ1n) is 6.44. The molecule has 0 rings (SSSR count). The van der Waals surface area contributed by atoms with Gasteiger partial charge in [0.15, 0.2) is 0 Å². The highest BCUT2D eigenvalue weighted by atomic mass is 16.6. The summed E-state index contributed by atoms with van der Waals surface area (Å²) in [4.78, 5) is 34.5. The first kappa shape index (κ1) is 18.2. The van der Waals surface area contributed by atoms with Gasteiger partial charge in [0, 0.05) is 0 Å². The minimum Gasteiger partial charge on any atom is -0.480 e. The Hall–Kier alpha value is -1.79. The van der Waals surface area contributed by atoms with E-state index in [0.29, 0.717) is 0 Å². The van der Waals surface area contributed by atoms with Crippen LogP contribution in [0.4, 0.5) is 4.79 Å². The van der Waals surface area contributed by atoms with Crippen LogP contribution in [-0.2, 0) is 14.3 Å². The van der Waals surface area contributed by atoms with Gasteiger partial charge in [-0.15, -0.1) is 0 Å². The molecule has 0 unspecified atom stereocenters. The fourth-order valence-electron chi connectivity index (χ4n) is 1.29. The highest BCUT2D eigenvalue weighted by Crippen LogP contribution is 2.10. The molecule has 0 spiro atoms. The molecule has 0 aliphatic carbocycles. The van der Waals surface area contributed by atoms with Crippen molar-refractivity contribution in [2.24, 2.45) is 0 Å². The molecule has 0 fully saturated rings. The molecule has 20 heavy (non-hydrogen) atoms. The van der Waals surface area contributed by atoms with Crippen molar-refractivity contribution in [1.29, 1.82) is 0 Å². The third-order valence-corrected chi connectivity index (χ3v) is 2.39. The third kappa shape index (κ3) is 6.40. The molecule has 0 aliphatic heterocycles. The number of hydrogen-bond donors (Lipinski definition) is 3. The van der Waals surface area contributed by atoms with Crippen molar-refractivity contribution >= 4 is 18.0 Å². The average Bonchev–Trinajstić information content (AvgIpc) is 2.20. The van der Waals surface area contributed by atoms with E-state index in [9.17, 15) is 14.4 Å². The van der Waals surface area contributed by atoms with Crippen molar-refractivity contribution in [2.75, 3.05) is 0 Å². The molecule has 0 aromatic carbocycles. The SMILES string of the molecule is CC[C@@H](NC(=O)C(C)(C)NC(=O)OC(C)(C)C)C(=O)O. The van der Waals surface area contributed by atoms with E-state index in [0.717, 1.165) is 0 Å². The van der Waals surface area contributed by atoms with Gasteiger partial charge in [0.2, 0.25) is 5.91 Å². The highest BCUT2D eigenvalue weighted by Gasteiger charge is 2.33. The second kappa shape index (κ2) is 6.58. The van der Waals surface area contributed by atoms with E-state index in [1.807, 2.05) is 0 Å². The molecule has 0 saturated carbocycles. The van der Waals surface area contributed by atoms with E-state index >= 15 is 0 Å². The van der Waals surface area contributed by atoms with E-state index in [4.69, 9.17) is 9.84 Å². The van der Waals surface area contributed by atoms with E-state index in [2.05, 4.69) is 10.6 Å². The minimum absolute atomic E-state index is 0.254. The molecule has 2 amide bonds. The van der Waals surface area contributed by atoms with Crippen LogP contribution in [0.5, 0.6) is 0 Å². The van der Waals surface area contributed by atoms with E-state index < -0.39 is 35.2 Å². The molecule has 116 valence electrons. The van der Waals surface area contributed by atoms with Gasteiger partial charge < -0.3 is 20.5 Å². The van der Waals surface area contributed by atoms with Gasteiger partial charge in [-0.25, -0.2) is 9.59 Å². The van der Waals surface area contributed by atoms with Gasteiger partial charge >= 0.3 is 12.1 Å². The molecule has 0 aromatic heterocycles. The summed E-state index contributed by atoms with van der Waals surface area (Å²) in [6, 6.07) is -0.984. The summed E-state index contributed by atoms with van der Waals surface area (Å²) in [6.45, 7) is 9.71. The zero-order chi connectivity index (χ0) is 16.1. The van der Waals surface area contributed by atoms with Crippen molar-refractivity contribution in [1.82, 2.24) is 10.6 Å². The summed E-state index contributed by atoms with van der Waals surface area (Å²) in [7, 11) is 0. The number of alkyl carbamates (subject to hydrolysis) is 1. The molecule has 7 nitrogen and oxygen atoms in total. The Kier molecular flexibility index (Phi) is 5.99. The lowest BCUT2D eigenvalue weighted by atomic mass is 10.0. The smallest absolute Gasteiger partial charge is 0.408 e. The van der Waals surface area contributed by atoms with Crippen molar-refractivity contribution in [2.45, 2.75) is 65.1 Å². The fraction of sp³-hybridized carbons (Fsp3) is 0.769. The summed E-state index contributed by atoms with van der Waals surface area (Å²) in [5, 5.41) is 13.7. The van der Waals surface area contributed by atoms with Crippen LogP contribution in [-0.4, -0.2) is 40.3 Å². The molecule has 0 radical (unpaired) electrons. The highest BCUT2D eigenvalue weighted by molar-refractivity contribution is 5.92. The van der Waals surface area contributed by atoms with Crippen LogP contribution in [0.2, 0.25) is 0 Å². The van der Waals surface area contributed by atoms with E-state index in [-0.39, 0.29) is 6.42 Å². The Morgan fingerprint density at radius 1 is 1.15 bits per heavy atom. The third-order valence-electron chi connectivity index (χ3n) is 2.39. The van der Waals surface area contributed by atoms with Crippen molar-refractivity contribution in [3.63, 3.8) is 0 Å². The molecule has 1 atom stereocenters. The van der Waals surface area contributed by atoms with Crippen LogP contribution in [0.3, 0.4) is 0 Å². The van der Waals surface area contributed by atoms with E-state index in [1.54, 1.807) is 27.7 Å². The maximum absolute atomic E-state index is 12.0. The summed E-state index contributed by atoms with van der Waals surface area (Å²) in [6.07, 6.45) is -0.482. The van der Waals surface area contributed by atoms with Gasteiger partial charge in [-0.1, -0.05) is 6.92 Å². The maximum Gasteiger partial charge on any atom is 0.408 e. The molecule has 0 aromatic rings. The monoisotopic (exact) mass is 288 g/mol. The summed E-state index contributed by atoms with van der Waals surface area (Å²) in [5.41, 5.74) is -1.95. The van der Waals surface area contributed by atoms with Crippen LogP contribution in [0.1, 0.15) is 48.0 Å². The molecular weight excluding hydrogens is 264 g/mol. The molecule has 0 heterocycles.